The lowest BCUT2D eigenvalue weighted by Crippen LogP contribution is -2.28. The van der Waals surface area contributed by atoms with E-state index in [0.29, 0.717) is 28.0 Å². The van der Waals surface area contributed by atoms with Crippen LogP contribution in [0.5, 0.6) is 0 Å². The van der Waals surface area contributed by atoms with E-state index in [4.69, 9.17) is 5.73 Å². The smallest absolute Gasteiger partial charge is 0.431 e. The number of aromatic nitrogens is 4. The lowest BCUT2D eigenvalue weighted by molar-refractivity contribution is -0.144. The van der Waals surface area contributed by atoms with E-state index in [0.717, 1.165) is 10.6 Å². The van der Waals surface area contributed by atoms with Gasteiger partial charge in [-0.1, -0.05) is 0 Å². The first-order chi connectivity index (χ1) is 14.0. The molecular formula is C18H17BrF3N5O2S. The van der Waals surface area contributed by atoms with Gasteiger partial charge in [-0.3, -0.25) is 9.36 Å². The van der Waals surface area contributed by atoms with Crippen molar-refractivity contribution in [3.05, 3.63) is 32.7 Å². The van der Waals surface area contributed by atoms with Gasteiger partial charge in [0.05, 0.1) is 9.99 Å². The number of pyridine rings is 2. The maximum absolute atomic E-state index is 13.6. The predicted molar refractivity (Wildman–Crippen MR) is 111 cm³/mol. The van der Waals surface area contributed by atoms with Crippen LogP contribution in [0.3, 0.4) is 0 Å². The minimum atomic E-state index is -4.69. The predicted octanol–water partition coefficient (Wildman–Crippen LogP) is 3.62. The zero-order valence-electron chi connectivity index (χ0n) is 16.0. The van der Waals surface area contributed by atoms with E-state index < -0.39 is 34.6 Å². The zero-order valence-corrected chi connectivity index (χ0v) is 18.4. The van der Waals surface area contributed by atoms with E-state index in [2.05, 4.69) is 25.9 Å². The molecule has 3 aromatic heterocycles. The number of hydrogen-bond acceptors (Lipinski definition) is 5. The number of hydrogen-bond donors (Lipinski definition) is 1. The molecular weight excluding hydrogens is 487 g/mol. The molecule has 12 heteroatoms. The maximum Gasteiger partial charge on any atom is 0.431 e. The highest BCUT2D eigenvalue weighted by molar-refractivity contribution is 9.10. The van der Waals surface area contributed by atoms with Crippen LogP contribution in [0.2, 0.25) is 0 Å². The van der Waals surface area contributed by atoms with Crippen LogP contribution < -0.4 is 11.3 Å². The quantitative estimate of drug-likeness (QED) is 0.547. The lowest BCUT2D eigenvalue weighted by Gasteiger charge is -2.15. The molecule has 0 saturated heterocycles. The number of nitrogens with two attached hydrogens (primary N) is 1. The number of alkyl halides is 3. The molecule has 160 valence electrons. The Morgan fingerprint density at radius 2 is 2.00 bits per heavy atom. The van der Waals surface area contributed by atoms with Gasteiger partial charge < -0.3 is 14.9 Å². The van der Waals surface area contributed by atoms with E-state index in [9.17, 15) is 22.5 Å². The average molecular weight is 504 g/mol. The van der Waals surface area contributed by atoms with Crippen LogP contribution >= 0.6 is 15.9 Å². The van der Waals surface area contributed by atoms with E-state index in [1.807, 2.05) is 0 Å². The second-order valence-corrected chi connectivity index (χ2v) is 9.56. The summed E-state index contributed by atoms with van der Waals surface area (Å²) in [4.78, 5) is 21.9. The molecule has 0 amide bonds. The number of halogens is 4. The van der Waals surface area contributed by atoms with Crippen molar-refractivity contribution in [1.82, 2.24) is 19.1 Å². The second-order valence-electron chi connectivity index (χ2n) is 7.00. The van der Waals surface area contributed by atoms with Crippen LogP contribution in [-0.4, -0.2) is 29.4 Å². The number of fused-ring (bicyclic) bond motifs is 1. The summed E-state index contributed by atoms with van der Waals surface area (Å²) in [5, 5.41) is 0. The Hall–Kier alpha value is -2.05. The van der Waals surface area contributed by atoms with Gasteiger partial charge in [-0.05, 0) is 52.9 Å². The van der Waals surface area contributed by atoms with Gasteiger partial charge in [-0.2, -0.15) is 13.2 Å². The highest BCUT2D eigenvalue weighted by Gasteiger charge is 2.40. The molecule has 1 aliphatic rings. The Bertz CT molecular complexity index is 1220. The van der Waals surface area contributed by atoms with Crippen LogP contribution in [0.25, 0.3) is 22.6 Å². The topological polar surface area (TPSA) is 102 Å². The standard InChI is InChI=1S/C18H17BrF3N5O2S/c1-3-30(29)11-6-9(19)15(23)25-13(11)16-24-10-7-12(18(20,21)22)27(8-4-5-8)17(28)14(10)26(16)2/h6-8H,3-5H2,1-2H3,(H2,23,25). The van der Waals surface area contributed by atoms with Gasteiger partial charge in [0.1, 0.15) is 22.8 Å². The van der Waals surface area contributed by atoms with Crippen LogP contribution in [-0.2, 0) is 24.4 Å². The summed E-state index contributed by atoms with van der Waals surface area (Å²) in [6.45, 7) is 1.73. The molecule has 1 saturated carbocycles. The lowest BCUT2D eigenvalue weighted by atomic mass is 10.2. The fourth-order valence-corrected chi connectivity index (χ4v) is 4.78. The summed E-state index contributed by atoms with van der Waals surface area (Å²) in [7, 11) is 1.52. The monoisotopic (exact) mass is 503 g/mol. The molecule has 3 aromatic rings. The third kappa shape index (κ3) is 3.40. The van der Waals surface area contributed by atoms with E-state index in [1.54, 1.807) is 13.0 Å². The summed E-state index contributed by atoms with van der Waals surface area (Å²) < 4.78 is 56.1. The second kappa shape index (κ2) is 7.27. The van der Waals surface area contributed by atoms with Crippen LogP contribution in [0.1, 0.15) is 31.5 Å². The van der Waals surface area contributed by atoms with Gasteiger partial charge in [0.2, 0.25) is 0 Å². The molecule has 1 aliphatic carbocycles. The van der Waals surface area contributed by atoms with Gasteiger partial charge >= 0.3 is 6.18 Å². The van der Waals surface area contributed by atoms with Crippen molar-refractivity contribution >= 4 is 44.0 Å². The molecule has 3 heterocycles. The highest BCUT2D eigenvalue weighted by Crippen LogP contribution is 2.40. The highest BCUT2D eigenvalue weighted by atomic mass is 79.9. The van der Waals surface area contributed by atoms with Crippen LogP contribution in [0.15, 0.2) is 26.3 Å². The SMILES string of the molecule is CC[S+]([O-])c1cc(Br)c(N)nc1-c1nc2cc(C(F)(F)F)n(C3CC3)c(=O)c2n1C. The molecule has 0 radical (unpaired) electrons. The molecule has 1 unspecified atom stereocenters. The normalized spacial score (nSPS) is 15.7. The molecule has 0 spiro atoms. The van der Waals surface area contributed by atoms with Crippen molar-refractivity contribution in [2.24, 2.45) is 7.05 Å². The van der Waals surface area contributed by atoms with Crippen molar-refractivity contribution in [3.63, 3.8) is 0 Å². The molecule has 30 heavy (non-hydrogen) atoms. The molecule has 1 atom stereocenters. The third-order valence-corrected chi connectivity index (χ3v) is 6.93. The summed E-state index contributed by atoms with van der Waals surface area (Å²) in [6, 6.07) is 1.97. The third-order valence-electron chi connectivity index (χ3n) is 4.97. The first-order valence-corrected chi connectivity index (χ1v) is 11.2. The molecule has 1 fully saturated rings. The largest absolute Gasteiger partial charge is 0.611 e. The first kappa shape index (κ1) is 21.2. The molecule has 0 aromatic carbocycles. The van der Waals surface area contributed by atoms with Crippen LogP contribution in [0, 0.1) is 0 Å². The molecule has 4 rings (SSSR count). The van der Waals surface area contributed by atoms with E-state index >= 15 is 0 Å². The number of aryl methyl sites for hydroxylation is 1. The zero-order chi connectivity index (χ0) is 22.0. The number of nitrogen functional groups attached to an aromatic ring is 1. The van der Waals surface area contributed by atoms with Gasteiger partial charge in [0, 0.05) is 19.2 Å². The van der Waals surface area contributed by atoms with Gasteiger partial charge in [0.15, 0.2) is 16.4 Å². The minimum absolute atomic E-state index is 0.0291. The van der Waals surface area contributed by atoms with Crippen molar-refractivity contribution in [2.45, 2.75) is 36.9 Å². The van der Waals surface area contributed by atoms with Gasteiger partial charge in [-0.15, -0.1) is 0 Å². The summed E-state index contributed by atoms with van der Waals surface area (Å²) in [6.07, 6.45) is -3.66. The summed E-state index contributed by atoms with van der Waals surface area (Å²) >= 11 is 1.81. The van der Waals surface area contributed by atoms with E-state index in [-0.39, 0.29) is 28.4 Å². The Balaban J connectivity index is 2.04. The molecule has 0 bridgehead atoms. The summed E-state index contributed by atoms with van der Waals surface area (Å²) in [5.41, 5.74) is 4.21. The van der Waals surface area contributed by atoms with Crippen molar-refractivity contribution in [2.75, 3.05) is 11.5 Å². The Labute approximate surface area is 180 Å². The first-order valence-electron chi connectivity index (χ1n) is 9.08. The summed E-state index contributed by atoms with van der Waals surface area (Å²) in [5.74, 6) is 0.530. The maximum atomic E-state index is 13.6. The minimum Gasteiger partial charge on any atom is -0.611 e. The Kier molecular flexibility index (Phi) is 5.14. The van der Waals surface area contributed by atoms with E-state index in [1.165, 1.54) is 11.6 Å². The molecule has 0 aliphatic heterocycles. The van der Waals surface area contributed by atoms with Gasteiger partial charge in [0.25, 0.3) is 5.56 Å². The van der Waals surface area contributed by atoms with Crippen molar-refractivity contribution < 1.29 is 17.7 Å². The van der Waals surface area contributed by atoms with Crippen LogP contribution in [0.4, 0.5) is 19.0 Å². The number of anilines is 1. The average Bonchev–Trinajstić information content (AvgIpc) is 3.45. The number of rotatable bonds is 4. The fraction of sp³-hybridized carbons (Fsp3) is 0.389. The molecule has 7 nitrogen and oxygen atoms in total. The Morgan fingerprint density at radius 3 is 2.57 bits per heavy atom. The van der Waals surface area contributed by atoms with Gasteiger partial charge in [-0.25, -0.2) is 9.97 Å². The van der Waals surface area contributed by atoms with Crippen molar-refractivity contribution in [3.8, 4) is 11.5 Å². The number of imidazole rings is 1. The number of nitrogens with zero attached hydrogens (tertiary/aromatic N) is 4. The Morgan fingerprint density at radius 1 is 1.33 bits per heavy atom. The van der Waals surface area contributed by atoms with Crippen molar-refractivity contribution in [1.29, 1.82) is 0 Å². The molecule has 2 N–H and O–H groups in total. The fourth-order valence-electron chi connectivity index (χ4n) is 3.40.